The molecular formula is C14H18F2N2O. The molecule has 1 amide bonds. The molecule has 1 aromatic carbocycles. The van der Waals surface area contributed by atoms with Crippen LogP contribution in [0.3, 0.4) is 0 Å². The standard InChI is InChI=1S/C14H18F2N2O/c15-12-4-3-10(6-13(12)16)7-14(19)18-9-11-2-1-5-17-8-11/h3-4,6,11,17H,1-2,5,7-9H2,(H,18,19)/t11-/m1/s1. The number of amides is 1. The summed E-state index contributed by atoms with van der Waals surface area (Å²) >= 11 is 0. The first-order chi connectivity index (χ1) is 9.15. The molecule has 1 fully saturated rings. The number of hydrogen-bond acceptors (Lipinski definition) is 2. The summed E-state index contributed by atoms with van der Waals surface area (Å²) in [6.07, 6.45) is 2.32. The highest BCUT2D eigenvalue weighted by atomic mass is 19.2. The molecule has 104 valence electrons. The summed E-state index contributed by atoms with van der Waals surface area (Å²) < 4.78 is 25.7. The van der Waals surface area contributed by atoms with Crippen molar-refractivity contribution in [2.75, 3.05) is 19.6 Å². The molecule has 0 saturated carbocycles. The van der Waals surface area contributed by atoms with Crippen LogP contribution in [0.15, 0.2) is 18.2 Å². The number of carbonyl (C=O) groups excluding carboxylic acids is 1. The number of benzene rings is 1. The summed E-state index contributed by atoms with van der Waals surface area (Å²) in [6, 6.07) is 3.54. The van der Waals surface area contributed by atoms with Crippen molar-refractivity contribution in [1.82, 2.24) is 10.6 Å². The van der Waals surface area contributed by atoms with Crippen molar-refractivity contribution in [3.05, 3.63) is 35.4 Å². The first-order valence-electron chi connectivity index (χ1n) is 6.56. The average Bonchev–Trinajstić information content (AvgIpc) is 2.42. The predicted molar refractivity (Wildman–Crippen MR) is 68.7 cm³/mol. The van der Waals surface area contributed by atoms with Crippen LogP contribution in [0.4, 0.5) is 8.78 Å². The van der Waals surface area contributed by atoms with Crippen LogP contribution in [0.1, 0.15) is 18.4 Å². The highest BCUT2D eigenvalue weighted by molar-refractivity contribution is 5.78. The van der Waals surface area contributed by atoms with Crippen LogP contribution in [0, 0.1) is 17.6 Å². The zero-order valence-corrected chi connectivity index (χ0v) is 10.7. The number of carbonyl (C=O) groups is 1. The summed E-state index contributed by atoms with van der Waals surface area (Å²) in [7, 11) is 0. The van der Waals surface area contributed by atoms with Crippen molar-refractivity contribution in [3.63, 3.8) is 0 Å². The van der Waals surface area contributed by atoms with E-state index >= 15 is 0 Å². The van der Waals surface area contributed by atoms with Gasteiger partial charge in [0, 0.05) is 6.54 Å². The van der Waals surface area contributed by atoms with Gasteiger partial charge in [-0.3, -0.25) is 4.79 Å². The fourth-order valence-electron chi connectivity index (χ4n) is 2.25. The van der Waals surface area contributed by atoms with Crippen LogP contribution in [-0.4, -0.2) is 25.5 Å². The Morgan fingerprint density at radius 1 is 1.37 bits per heavy atom. The molecule has 0 bridgehead atoms. The smallest absolute Gasteiger partial charge is 0.224 e. The molecule has 1 aliphatic rings. The van der Waals surface area contributed by atoms with Gasteiger partial charge in [-0.25, -0.2) is 8.78 Å². The maximum absolute atomic E-state index is 13.0. The Balaban J connectivity index is 1.78. The van der Waals surface area contributed by atoms with E-state index in [1.165, 1.54) is 6.07 Å². The quantitative estimate of drug-likeness (QED) is 0.871. The Kier molecular flexibility index (Phi) is 4.85. The van der Waals surface area contributed by atoms with Crippen LogP contribution in [0.5, 0.6) is 0 Å². The minimum absolute atomic E-state index is 0.0807. The molecule has 0 spiro atoms. The van der Waals surface area contributed by atoms with Crippen LogP contribution >= 0.6 is 0 Å². The largest absolute Gasteiger partial charge is 0.355 e. The van der Waals surface area contributed by atoms with Crippen molar-refractivity contribution in [1.29, 1.82) is 0 Å². The maximum atomic E-state index is 13.0. The lowest BCUT2D eigenvalue weighted by atomic mass is 9.99. The van der Waals surface area contributed by atoms with Gasteiger partial charge in [0.1, 0.15) is 0 Å². The van der Waals surface area contributed by atoms with E-state index in [4.69, 9.17) is 0 Å². The molecular weight excluding hydrogens is 250 g/mol. The minimum atomic E-state index is -0.915. The van der Waals surface area contributed by atoms with Gasteiger partial charge in [-0.15, -0.1) is 0 Å². The van der Waals surface area contributed by atoms with Crippen LogP contribution in [-0.2, 0) is 11.2 Å². The predicted octanol–water partition coefficient (Wildman–Crippen LogP) is 1.62. The minimum Gasteiger partial charge on any atom is -0.355 e. The molecule has 0 radical (unpaired) electrons. The molecule has 0 unspecified atom stereocenters. The van der Waals surface area contributed by atoms with Crippen LogP contribution < -0.4 is 10.6 Å². The molecule has 1 saturated heterocycles. The van der Waals surface area contributed by atoms with E-state index in [0.717, 1.165) is 38.1 Å². The van der Waals surface area contributed by atoms with Gasteiger partial charge in [0.05, 0.1) is 6.42 Å². The molecule has 3 nitrogen and oxygen atoms in total. The van der Waals surface area contributed by atoms with E-state index in [9.17, 15) is 13.6 Å². The second-order valence-electron chi connectivity index (χ2n) is 4.94. The monoisotopic (exact) mass is 268 g/mol. The van der Waals surface area contributed by atoms with Crippen molar-refractivity contribution in [2.45, 2.75) is 19.3 Å². The average molecular weight is 268 g/mol. The molecule has 1 atom stereocenters. The highest BCUT2D eigenvalue weighted by Gasteiger charge is 2.14. The van der Waals surface area contributed by atoms with Gasteiger partial charge in [-0.2, -0.15) is 0 Å². The molecule has 1 aliphatic heterocycles. The Labute approximate surface area is 111 Å². The number of rotatable bonds is 4. The summed E-state index contributed by atoms with van der Waals surface area (Å²) in [5, 5.41) is 6.12. The van der Waals surface area contributed by atoms with Crippen molar-refractivity contribution < 1.29 is 13.6 Å². The second kappa shape index (κ2) is 6.61. The Morgan fingerprint density at radius 3 is 2.89 bits per heavy atom. The van der Waals surface area contributed by atoms with Crippen molar-refractivity contribution in [3.8, 4) is 0 Å². The van der Waals surface area contributed by atoms with E-state index in [2.05, 4.69) is 10.6 Å². The summed E-state index contributed by atoms with van der Waals surface area (Å²) in [5.74, 6) is -1.50. The fourth-order valence-corrected chi connectivity index (χ4v) is 2.25. The normalized spacial score (nSPS) is 19.2. The third kappa shape index (κ3) is 4.28. The van der Waals surface area contributed by atoms with Gasteiger partial charge < -0.3 is 10.6 Å². The van der Waals surface area contributed by atoms with E-state index in [1.54, 1.807) is 0 Å². The zero-order chi connectivity index (χ0) is 13.7. The van der Waals surface area contributed by atoms with Gasteiger partial charge in [0.2, 0.25) is 5.91 Å². The van der Waals surface area contributed by atoms with E-state index in [-0.39, 0.29) is 12.3 Å². The lowest BCUT2D eigenvalue weighted by molar-refractivity contribution is -0.120. The Bertz CT molecular complexity index is 445. The summed E-state index contributed by atoms with van der Waals surface area (Å²) in [6.45, 7) is 2.60. The van der Waals surface area contributed by atoms with Gasteiger partial charge in [-0.1, -0.05) is 6.07 Å². The molecule has 19 heavy (non-hydrogen) atoms. The van der Waals surface area contributed by atoms with Gasteiger partial charge in [0.25, 0.3) is 0 Å². The Morgan fingerprint density at radius 2 is 2.21 bits per heavy atom. The van der Waals surface area contributed by atoms with E-state index in [1.807, 2.05) is 0 Å². The lowest BCUT2D eigenvalue weighted by Gasteiger charge is -2.22. The summed E-state index contributed by atoms with van der Waals surface area (Å²) in [4.78, 5) is 11.7. The molecule has 2 N–H and O–H groups in total. The molecule has 5 heteroatoms. The SMILES string of the molecule is O=C(Cc1ccc(F)c(F)c1)NC[C@@H]1CCCNC1. The second-order valence-corrected chi connectivity index (χ2v) is 4.94. The molecule has 2 rings (SSSR count). The van der Waals surface area contributed by atoms with Crippen molar-refractivity contribution >= 4 is 5.91 Å². The molecule has 0 aromatic heterocycles. The van der Waals surface area contributed by atoms with Crippen LogP contribution in [0.25, 0.3) is 0 Å². The molecule has 0 aliphatic carbocycles. The van der Waals surface area contributed by atoms with E-state index < -0.39 is 11.6 Å². The number of hydrogen-bond donors (Lipinski definition) is 2. The fraction of sp³-hybridized carbons (Fsp3) is 0.500. The zero-order valence-electron chi connectivity index (χ0n) is 10.7. The summed E-state index contributed by atoms with van der Waals surface area (Å²) in [5.41, 5.74) is 0.484. The first kappa shape index (κ1) is 13.9. The van der Waals surface area contributed by atoms with Crippen LogP contribution in [0.2, 0.25) is 0 Å². The van der Waals surface area contributed by atoms with Gasteiger partial charge >= 0.3 is 0 Å². The topological polar surface area (TPSA) is 41.1 Å². The number of halogens is 2. The third-order valence-electron chi connectivity index (χ3n) is 3.34. The number of piperidine rings is 1. The lowest BCUT2D eigenvalue weighted by Crippen LogP contribution is -2.38. The Hall–Kier alpha value is -1.49. The first-order valence-corrected chi connectivity index (χ1v) is 6.56. The highest BCUT2D eigenvalue weighted by Crippen LogP contribution is 2.10. The molecule has 1 aromatic rings. The maximum Gasteiger partial charge on any atom is 0.224 e. The van der Waals surface area contributed by atoms with Gasteiger partial charge in [0.15, 0.2) is 11.6 Å². The number of nitrogens with one attached hydrogen (secondary N) is 2. The van der Waals surface area contributed by atoms with E-state index in [0.29, 0.717) is 18.0 Å². The van der Waals surface area contributed by atoms with Crippen molar-refractivity contribution in [2.24, 2.45) is 5.92 Å². The van der Waals surface area contributed by atoms with Gasteiger partial charge in [-0.05, 0) is 49.5 Å². The molecule has 1 heterocycles. The third-order valence-corrected chi connectivity index (χ3v) is 3.34.